The van der Waals surface area contributed by atoms with Gasteiger partial charge in [-0.25, -0.2) is 15.0 Å². The van der Waals surface area contributed by atoms with Gasteiger partial charge in [0.2, 0.25) is 0 Å². The average Bonchev–Trinajstić information content (AvgIpc) is 3.30. The van der Waals surface area contributed by atoms with E-state index in [0.717, 1.165) is 43.9 Å². The quantitative estimate of drug-likeness (QED) is 0.528. The molecule has 126 valence electrons. The number of aromatic nitrogens is 6. The van der Waals surface area contributed by atoms with Crippen LogP contribution in [0.15, 0.2) is 54.7 Å². The molecule has 7 nitrogen and oxygen atoms in total. The van der Waals surface area contributed by atoms with Gasteiger partial charge in [-0.2, -0.15) is 5.10 Å². The molecule has 8 heteroatoms. The molecule has 0 bridgehead atoms. The van der Waals surface area contributed by atoms with Crippen LogP contribution in [0.2, 0.25) is 0 Å². The highest BCUT2D eigenvalue weighted by atomic mass is 32.1. The second-order valence-electron chi connectivity index (χ2n) is 5.87. The standard InChI is InChI=1S/C18H13N7S/c1-25-8-11(6-23-25)14-5-13-16(7-19-14)20-9-21-18(13)24-12-2-3-17-15(4-12)22-10-26-17/h2-10H,1H3,(H,20,21,24). The molecule has 0 aliphatic rings. The number of nitrogens with zero attached hydrogens (tertiary/aromatic N) is 6. The first-order valence-electron chi connectivity index (χ1n) is 7.96. The van der Waals surface area contributed by atoms with E-state index in [0.29, 0.717) is 0 Å². The lowest BCUT2D eigenvalue weighted by atomic mass is 10.2. The van der Waals surface area contributed by atoms with Crippen LogP contribution < -0.4 is 5.32 Å². The Bertz CT molecular complexity index is 1240. The Balaban J connectivity index is 1.59. The molecule has 5 aromatic rings. The molecule has 0 unspecified atom stereocenters. The average molecular weight is 359 g/mol. The van der Waals surface area contributed by atoms with Crippen molar-refractivity contribution >= 4 is 44.0 Å². The summed E-state index contributed by atoms with van der Waals surface area (Å²) in [6.45, 7) is 0. The van der Waals surface area contributed by atoms with Crippen molar-refractivity contribution in [2.24, 2.45) is 7.05 Å². The van der Waals surface area contributed by atoms with Crippen LogP contribution in [-0.4, -0.2) is 29.7 Å². The Morgan fingerprint density at radius 2 is 1.96 bits per heavy atom. The molecule has 1 aromatic carbocycles. The van der Waals surface area contributed by atoms with Gasteiger partial charge >= 0.3 is 0 Å². The van der Waals surface area contributed by atoms with Crippen LogP contribution in [0.25, 0.3) is 32.4 Å². The van der Waals surface area contributed by atoms with E-state index in [1.807, 2.05) is 37.0 Å². The van der Waals surface area contributed by atoms with Gasteiger partial charge in [0.05, 0.1) is 39.3 Å². The van der Waals surface area contributed by atoms with Crippen molar-refractivity contribution in [1.82, 2.24) is 29.7 Å². The fraction of sp³-hybridized carbons (Fsp3) is 0.0556. The van der Waals surface area contributed by atoms with Crippen LogP contribution >= 0.6 is 11.3 Å². The highest BCUT2D eigenvalue weighted by Crippen LogP contribution is 2.28. The first-order chi connectivity index (χ1) is 12.8. The fourth-order valence-corrected chi connectivity index (χ4v) is 3.50. The Morgan fingerprint density at radius 3 is 2.85 bits per heavy atom. The number of nitrogens with one attached hydrogen (secondary N) is 1. The van der Waals surface area contributed by atoms with Gasteiger partial charge in [-0.05, 0) is 24.3 Å². The molecule has 4 aromatic heterocycles. The second-order valence-corrected chi connectivity index (χ2v) is 6.76. The van der Waals surface area contributed by atoms with Crippen molar-refractivity contribution in [2.45, 2.75) is 0 Å². The third kappa shape index (κ3) is 2.56. The topological polar surface area (TPSA) is 81.4 Å². The van der Waals surface area contributed by atoms with E-state index in [4.69, 9.17) is 0 Å². The molecule has 26 heavy (non-hydrogen) atoms. The summed E-state index contributed by atoms with van der Waals surface area (Å²) in [6.07, 6.45) is 7.02. The summed E-state index contributed by atoms with van der Waals surface area (Å²) in [6, 6.07) is 8.08. The number of hydrogen-bond acceptors (Lipinski definition) is 7. The van der Waals surface area contributed by atoms with Crippen molar-refractivity contribution in [3.63, 3.8) is 0 Å². The maximum Gasteiger partial charge on any atom is 0.141 e. The molecule has 0 saturated heterocycles. The van der Waals surface area contributed by atoms with Gasteiger partial charge in [-0.3, -0.25) is 9.67 Å². The molecule has 0 saturated carbocycles. The SMILES string of the molecule is Cn1cc(-c2cc3c(Nc4ccc5scnc5c4)ncnc3cn2)cn1. The van der Waals surface area contributed by atoms with Crippen molar-refractivity contribution in [3.8, 4) is 11.3 Å². The van der Waals surface area contributed by atoms with Gasteiger partial charge in [0.25, 0.3) is 0 Å². The van der Waals surface area contributed by atoms with Crippen LogP contribution in [0.5, 0.6) is 0 Å². The number of aryl methyl sites for hydroxylation is 1. The van der Waals surface area contributed by atoms with Crippen LogP contribution in [0.1, 0.15) is 0 Å². The number of pyridine rings is 1. The molecule has 0 aliphatic carbocycles. The molecule has 0 radical (unpaired) electrons. The minimum atomic E-state index is 0.733. The zero-order valence-electron chi connectivity index (χ0n) is 13.8. The highest BCUT2D eigenvalue weighted by Gasteiger charge is 2.09. The summed E-state index contributed by atoms with van der Waals surface area (Å²) in [5.74, 6) is 0.733. The third-order valence-electron chi connectivity index (χ3n) is 4.12. The molecule has 0 amide bonds. The smallest absolute Gasteiger partial charge is 0.141 e. The normalized spacial score (nSPS) is 11.3. The monoisotopic (exact) mass is 359 g/mol. The summed E-state index contributed by atoms with van der Waals surface area (Å²) in [5, 5.41) is 8.49. The van der Waals surface area contributed by atoms with E-state index in [1.54, 1.807) is 28.4 Å². The number of fused-ring (bicyclic) bond motifs is 2. The van der Waals surface area contributed by atoms with E-state index < -0.39 is 0 Å². The van der Waals surface area contributed by atoms with E-state index in [2.05, 4.69) is 36.4 Å². The molecule has 4 heterocycles. The molecule has 0 atom stereocenters. The number of hydrogen-bond donors (Lipinski definition) is 1. The molecule has 1 N–H and O–H groups in total. The minimum absolute atomic E-state index is 0.733. The Hall–Kier alpha value is -3.39. The van der Waals surface area contributed by atoms with Gasteiger partial charge < -0.3 is 5.32 Å². The van der Waals surface area contributed by atoms with Crippen molar-refractivity contribution in [3.05, 3.63) is 54.7 Å². The third-order valence-corrected chi connectivity index (χ3v) is 4.93. The van der Waals surface area contributed by atoms with Gasteiger partial charge in [0.1, 0.15) is 12.1 Å². The number of thiazole rings is 1. The largest absolute Gasteiger partial charge is 0.340 e. The van der Waals surface area contributed by atoms with Crippen LogP contribution in [-0.2, 0) is 7.05 Å². The van der Waals surface area contributed by atoms with E-state index >= 15 is 0 Å². The lowest BCUT2D eigenvalue weighted by Gasteiger charge is -2.09. The Morgan fingerprint density at radius 1 is 1.00 bits per heavy atom. The molecule has 0 fully saturated rings. The van der Waals surface area contributed by atoms with Gasteiger partial charge in [-0.15, -0.1) is 11.3 Å². The predicted molar refractivity (Wildman–Crippen MR) is 102 cm³/mol. The Kier molecular flexibility index (Phi) is 3.36. The molecular weight excluding hydrogens is 346 g/mol. The van der Waals surface area contributed by atoms with Gasteiger partial charge in [-0.1, -0.05) is 0 Å². The lowest BCUT2D eigenvalue weighted by Crippen LogP contribution is -1.97. The lowest BCUT2D eigenvalue weighted by molar-refractivity contribution is 0.768. The van der Waals surface area contributed by atoms with E-state index in [9.17, 15) is 0 Å². The van der Waals surface area contributed by atoms with Crippen LogP contribution in [0, 0.1) is 0 Å². The minimum Gasteiger partial charge on any atom is -0.340 e. The molecular formula is C18H13N7S. The molecule has 0 aliphatic heterocycles. The second kappa shape index (κ2) is 5.85. The fourth-order valence-electron chi connectivity index (χ4n) is 2.84. The predicted octanol–water partition coefficient (Wildman–Crippen LogP) is 3.78. The van der Waals surface area contributed by atoms with Crippen LogP contribution in [0.4, 0.5) is 11.5 Å². The number of benzene rings is 1. The Labute approximate surface area is 152 Å². The first kappa shape index (κ1) is 14.9. The molecule has 5 rings (SSSR count). The number of rotatable bonds is 3. The zero-order valence-corrected chi connectivity index (χ0v) is 14.6. The summed E-state index contributed by atoms with van der Waals surface area (Å²) < 4.78 is 2.91. The molecule has 0 spiro atoms. The first-order valence-corrected chi connectivity index (χ1v) is 8.84. The summed E-state index contributed by atoms with van der Waals surface area (Å²) in [4.78, 5) is 17.6. The van der Waals surface area contributed by atoms with Gasteiger partial charge in [0, 0.05) is 29.9 Å². The van der Waals surface area contributed by atoms with Crippen molar-refractivity contribution < 1.29 is 0 Å². The summed E-state index contributed by atoms with van der Waals surface area (Å²) in [7, 11) is 1.88. The van der Waals surface area contributed by atoms with Crippen molar-refractivity contribution in [2.75, 3.05) is 5.32 Å². The number of anilines is 2. The summed E-state index contributed by atoms with van der Waals surface area (Å²) >= 11 is 1.63. The summed E-state index contributed by atoms with van der Waals surface area (Å²) in [5.41, 5.74) is 6.32. The van der Waals surface area contributed by atoms with Crippen molar-refractivity contribution in [1.29, 1.82) is 0 Å². The maximum atomic E-state index is 4.49. The van der Waals surface area contributed by atoms with E-state index in [1.165, 1.54) is 6.33 Å². The van der Waals surface area contributed by atoms with E-state index in [-0.39, 0.29) is 0 Å². The highest BCUT2D eigenvalue weighted by molar-refractivity contribution is 7.16. The zero-order chi connectivity index (χ0) is 17.5. The van der Waals surface area contributed by atoms with Crippen LogP contribution in [0.3, 0.4) is 0 Å². The van der Waals surface area contributed by atoms with Gasteiger partial charge in [0.15, 0.2) is 0 Å². The maximum absolute atomic E-state index is 4.49.